The molecule has 0 aliphatic rings. The summed E-state index contributed by atoms with van der Waals surface area (Å²) in [7, 11) is 0. The predicted molar refractivity (Wildman–Crippen MR) is 51.7 cm³/mol. The third kappa shape index (κ3) is 1.09. The summed E-state index contributed by atoms with van der Waals surface area (Å²) in [5.41, 5.74) is 6.37. The van der Waals surface area contributed by atoms with Crippen LogP contribution in [0.15, 0.2) is 0 Å². The van der Waals surface area contributed by atoms with E-state index in [4.69, 9.17) is 18.0 Å². The van der Waals surface area contributed by atoms with E-state index in [1.54, 1.807) is 0 Å². The van der Waals surface area contributed by atoms with Gasteiger partial charge in [0.1, 0.15) is 11.3 Å². The van der Waals surface area contributed by atoms with Gasteiger partial charge in [-0.3, -0.25) is 0 Å². The number of aryl methyl sites for hydroxylation is 1. The highest BCUT2D eigenvalue weighted by molar-refractivity contribution is 7.71. The molecule has 2 rings (SSSR count). The maximum Gasteiger partial charge on any atom is 0.199 e. The molecule has 0 aliphatic carbocycles. The number of nitrogen functional groups attached to an aromatic ring is 1. The van der Waals surface area contributed by atoms with Crippen molar-refractivity contribution in [3.63, 3.8) is 0 Å². The van der Waals surface area contributed by atoms with Crippen LogP contribution in [0.3, 0.4) is 0 Å². The second-order valence-electron chi connectivity index (χ2n) is 2.34. The largest absolute Gasteiger partial charge is 0.383 e. The second kappa shape index (κ2) is 2.49. The van der Waals surface area contributed by atoms with Gasteiger partial charge in [-0.25, -0.2) is 9.97 Å². The third-order valence-electron chi connectivity index (χ3n) is 1.42. The summed E-state index contributed by atoms with van der Waals surface area (Å²) in [6.07, 6.45) is 0. The molecule has 0 amide bonds. The highest BCUT2D eigenvalue weighted by Crippen LogP contribution is 2.21. The van der Waals surface area contributed by atoms with Crippen molar-refractivity contribution in [2.45, 2.75) is 6.92 Å². The molecule has 0 saturated carbocycles. The fourth-order valence-electron chi connectivity index (χ4n) is 0.962. The van der Waals surface area contributed by atoms with Crippen LogP contribution >= 0.6 is 23.6 Å². The molecular formula is C6H6N4S2. The zero-order valence-electron chi connectivity index (χ0n) is 6.29. The molecule has 12 heavy (non-hydrogen) atoms. The van der Waals surface area contributed by atoms with Crippen LogP contribution in [0.25, 0.3) is 10.3 Å². The van der Waals surface area contributed by atoms with Crippen molar-refractivity contribution in [1.29, 1.82) is 0 Å². The van der Waals surface area contributed by atoms with Crippen LogP contribution in [0.5, 0.6) is 0 Å². The van der Waals surface area contributed by atoms with Crippen LogP contribution in [0.4, 0.5) is 5.82 Å². The zero-order chi connectivity index (χ0) is 8.72. The van der Waals surface area contributed by atoms with E-state index in [2.05, 4.69) is 15.0 Å². The first-order chi connectivity index (χ1) is 5.66. The first-order valence-corrected chi connectivity index (χ1v) is 4.52. The van der Waals surface area contributed by atoms with Crippen molar-refractivity contribution >= 4 is 39.7 Å². The van der Waals surface area contributed by atoms with Gasteiger partial charge in [-0.05, 0) is 19.1 Å². The number of nitrogens with zero attached hydrogens (tertiary/aromatic N) is 2. The summed E-state index contributed by atoms with van der Waals surface area (Å²) < 4.78 is 0.406. The van der Waals surface area contributed by atoms with E-state index in [9.17, 15) is 0 Å². The number of aromatic nitrogens is 3. The Labute approximate surface area is 77.5 Å². The van der Waals surface area contributed by atoms with Crippen LogP contribution in [-0.4, -0.2) is 15.0 Å². The van der Waals surface area contributed by atoms with Crippen LogP contribution in [0.1, 0.15) is 5.01 Å². The van der Waals surface area contributed by atoms with Crippen molar-refractivity contribution < 1.29 is 0 Å². The average Bonchev–Trinajstić information content (AvgIpc) is 2.29. The minimum Gasteiger partial charge on any atom is -0.383 e. The van der Waals surface area contributed by atoms with Gasteiger partial charge in [0.25, 0.3) is 0 Å². The van der Waals surface area contributed by atoms with Gasteiger partial charge in [-0.2, -0.15) is 0 Å². The minimum atomic E-state index is 0.406. The lowest BCUT2D eigenvalue weighted by molar-refractivity contribution is 1.19. The Hall–Kier alpha value is -1.01. The van der Waals surface area contributed by atoms with Gasteiger partial charge >= 0.3 is 0 Å². The van der Waals surface area contributed by atoms with Crippen LogP contribution < -0.4 is 5.73 Å². The van der Waals surface area contributed by atoms with E-state index in [0.717, 1.165) is 9.84 Å². The van der Waals surface area contributed by atoms with Gasteiger partial charge in [-0.15, -0.1) is 0 Å². The van der Waals surface area contributed by atoms with E-state index in [1.807, 2.05) is 6.92 Å². The lowest BCUT2D eigenvalue weighted by Gasteiger charge is -1.92. The van der Waals surface area contributed by atoms with Crippen LogP contribution in [-0.2, 0) is 0 Å². The summed E-state index contributed by atoms with van der Waals surface area (Å²) in [5.74, 6) is 0.495. The molecule has 6 heteroatoms. The maximum absolute atomic E-state index is 5.65. The Morgan fingerprint density at radius 3 is 3.00 bits per heavy atom. The molecule has 0 radical (unpaired) electrons. The quantitative estimate of drug-likeness (QED) is 0.631. The van der Waals surface area contributed by atoms with Crippen LogP contribution in [0, 0.1) is 11.7 Å². The second-order valence-corrected chi connectivity index (χ2v) is 3.91. The Kier molecular flexibility index (Phi) is 1.59. The average molecular weight is 198 g/mol. The number of thiazole rings is 1. The van der Waals surface area contributed by atoms with Crippen molar-refractivity contribution in [2.75, 3.05) is 5.73 Å². The summed E-state index contributed by atoms with van der Waals surface area (Å²) in [6.45, 7) is 1.91. The molecule has 0 spiro atoms. The highest BCUT2D eigenvalue weighted by Gasteiger charge is 2.04. The molecule has 0 aromatic carbocycles. The molecule has 3 N–H and O–H groups in total. The van der Waals surface area contributed by atoms with Gasteiger partial charge in [0.05, 0.1) is 5.01 Å². The third-order valence-corrected chi connectivity index (χ3v) is 2.47. The molecule has 0 saturated heterocycles. The number of anilines is 1. The van der Waals surface area contributed by atoms with Gasteiger partial charge < -0.3 is 10.7 Å². The number of H-pyrrole nitrogens is 1. The van der Waals surface area contributed by atoms with E-state index < -0.39 is 0 Å². The van der Waals surface area contributed by atoms with Crippen molar-refractivity contribution in [1.82, 2.24) is 15.0 Å². The van der Waals surface area contributed by atoms with Gasteiger partial charge in [0, 0.05) is 0 Å². The topological polar surface area (TPSA) is 67.6 Å². The Balaban J connectivity index is 2.97. The summed E-state index contributed by atoms with van der Waals surface area (Å²) in [6, 6.07) is 0. The van der Waals surface area contributed by atoms with E-state index in [1.165, 1.54) is 11.3 Å². The number of nitrogens with one attached hydrogen (secondary N) is 1. The fourth-order valence-corrected chi connectivity index (χ4v) is 2.03. The predicted octanol–water partition coefficient (Wildman–Crippen LogP) is 1.64. The normalized spacial score (nSPS) is 10.8. The number of hydrogen-bond acceptors (Lipinski definition) is 5. The number of aromatic amines is 1. The lowest BCUT2D eigenvalue weighted by atomic mass is 10.5. The molecule has 0 bridgehead atoms. The molecule has 0 aliphatic heterocycles. The molecule has 4 nitrogen and oxygen atoms in total. The van der Waals surface area contributed by atoms with Crippen molar-refractivity contribution in [3.8, 4) is 0 Å². The van der Waals surface area contributed by atoms with Gasteiger partial charge in [0.2, 0.25) is 0 Å². The van der Waals surface area contributed by atoms with Crippen molar-refractivity contribution in [2.24, 2.45) is 0 Å². The molecular weight excluding hydrogens is 192 g/mol. The Morgan fingerprint density at radius 2 is 2.25 bits per heavy atom. The Bertz CT molecular complexity index is 484. The van der Waals surface area contributed by atoms with E-state index >= 15 is 0 Å². The van der Waals surface area contributed by atoms with Gasteiger partial charge in [-0.1, -0.05) is 11.3 Å². The van der Waals surface area contributed by atoms with Crippen LogP contribution in [0.2, 0.25) is 0 Å². The fraction of sp³-hybridized carbons (Fsp3) is 0.167. The molecule has 0 atom stereocenters. The monoisotopic (exact) mass is 198 g/mol. The number of hydrogen-bond donors (Lipinski definition) is 2. The van der Waals surface area contributed by atoms with Gasteiger partial charge in [0.15, 0.2) is 9.60 Å². The molecule has 2 aromatic rings. The molecule has 0 fully saturated rings. The highest BCUT2D eigenvalue weighted by atomic mass is 32.1. The SMILES string of the molecule is Cc1nc2c(N)[nH]c(=S)nc2s1. The first kappa shape index (κ1) is 7.63. The zero-order valence-corrected chi connectivity index (χ0v) is 7.92. The summed E-state index contributed by atoms with van der Waals surface area (Å²) in [4.78, 5) is 11.9. The minimum absolute atomic E-state index is 0.406. The standard InChI is InChI=1S/C6H6N4S2/c1-2-8-3-4(7)9-6(11)10-5(3)12-2/h1H3,(H3,7,9,10,11). The number of nitrogens with two attached hydrogens (primary N) is 1. The summed E-state index contributed by atoms with van der Waals surface area (Å²) in [5, 5.41) is 0.943. The van der Waals surface area contributed by atoms with Crippen molar-refractivity contribution in [3.05, 3.63) is 9.78 Å². The van der Waals surface area contributed by atoms with E-state index in [-0.39, 0.29) is 0 Å². The summed E-state index contributed by atoms with van der Waals surface area (Å²) >= 11 is 6.36. The molecule has 62 valence electrons. The Morgan fingerprint density at radius 1 is 1.50 bits per heavy atom. The molecule has 2 aromatic heterocycles. The molecule has 2 heterocycles. The number of rotatable bonds is 0. The smallest absolute Gasteiger partial charge is 0.199 e. The molecule has 0 unspecified atom stereocenters. The number of fused-ring (bicyclic) bond motifs is 1. The lowest BCUT2D eigenvalue weighted by Crippen LogP contribution is -1.93. The maximum atomic E-state index is 5.65. The van der Waals surface area contributed by atoms with E-state index in [0.29, 0.717) is 16.1 Å². The first-order valence-electron chi connectivity index (χ1n) is 3.30.